The van der Waals surface area contributed by atoms with E-state index >= 15 is 0 Å². The van der Waals surface area contributed by atoms with Gasteiger partial charge in [-0.3, -0.25) is 4.99 Å². The molecule has 130 valence electrons. The van der Waals surface area contributed by atoms with Gasteiger partial charge in [-0.2, -0.15) is 0 Å². The first kappa shape index (κ1) is 16.4. The summed E-state index contributed by atoms with van der Waals surface area (Å²) < 4.78 is 5.37. The molecule has 0 fully saturated rings. The van der Waals surface area contributed by atoms with Crippen molar-refractivity contribution in [2.75, 3.05) is 7.11 Å². The number of benzene rings is 3. The molecule has 1 aliphatic rings. The Hall–Kier alpha value is -3.07. The normalized spacial score (nSPS) is 18.9. The summed E-state index contributed by atoms with van der Waals surface area (Å²) in [5.41, 5.74) is 3.73. The summed E-state index contributed by atoms with van der Waals surface area (Å²) in [6, 6.07) is 29.7. The number of ether oxygens (including phenoxy) is 1. The second-order valence-corrected chi connectivity index (χ2v) is 6.50. The standard InChI is InChI=1S/C23H22N2O/c1-26-21-14-8-9-18(15-21)16-25-17-24-22(19-10-4-2-5-11-19)23(25)20-12-6-3-7-13-20/h2-15,17,22-23H,16H2,1H3. The van der Waals surface area contributed by atoms with Crippen molar-refractivity contribution < 1.29 is 4.74 Å². The molecule has 0 saturated carbocycles. The molecule has 26 heavy (non-hydrogen) atoms. The highest BCUT2D eigenvalue weighted by Gasteiger charge is 2.33. The fraction of sp³-hybridized carbons (Fsp3) is 0.174. The number of nitrogens with zero attached hydrogens (tertiary/aromatic N) is 2. The van der Waals surface area contributed by atoms with Gasteiger partial charge in [-0.05, 0) is 28.8 Å². The summed E-state index contributed by atoms with van der Waals surface area (Å²) in [5, 5.41) is 0. The molecule has 0 radical (unpaired) electrons. The van der Waals surface area contributed by atoms with Gasteiger partial charge in [0, 0.05) is 6.54 Å². The molecule has 0 amide bonds. The molecule has 1 aliphatic heterocycles. The molecule has 0 bridgehead atoms. The lowest BCUT2D eigenvalue weighted by Crippen LogP contribution is -2.25. The molecule has 0 aromatic heterocycles. The van der Waals surface area contributed by atoms with Gasteiger partial charge in [0.25, 0.3) is 0 Å². The van der Waals surface area contributed by atoms with Gasteiger partial charge in [-0.1, -0.05) is 72.8 Å². The SMILES string of the molecule is COc1cccc(CN2C=NC(c3ccccc3)C2c2ccccc2)c1. The summed E-state index contributed by atoms with van der Waals surface area (Å²) in [6.07, 6.45) is 1.99. The number of aliphatic imine (C=N–C) groups is 1. The van der Waals surface area contributed by atoms with Crippen LogP contribution in [-0.4, -0.2) is 18.3 Å². The van der Waals surface area contributed by atoms with Crippen LogP contribution < -0.4 is 4.74 Å². The third-order valence-corrected chi connectivity index (χ3v) is 4.81. The number of hydrogen-bond donors (Lipinski definition) is 0. The number of methoxy groups -OCH3 is 1. The minimum absolute atomic E-state index is 0.101. The topological polar surface area (TPSA) is 24.8 Å². The second kappa shape index (κ2) is 7.44. The summed E-state index contributed by atoms with van der Waals surface area (Å²) in [4.78, 5) is 7.17. The van der Waals surface area contributed by atoms with Crippen LogP contribution >= 0.6 is 0 Å². The van der Waals surface area contributed by atoms with Crippen LogP contribution in [0.3, 0.4) is 0 Å². The lowest BCUT2D eigenvalue weighted by molar-refractivity contribution is 0.309. The van der Waals surface area contributed by atoms with Gasteiger partial charge in [0.15, 0.2) is 0 Å². The van der Waals surface area contributed by atoms with Gasteiger partial charge in [0.1, 0.15) is 11.8 Å². The van der Waals surface area contributed by atoms with Crippen LogP contribution in [0.2, 0.25) is 0 Å². The molecule has 0 saturated heterocycles. The van der Waals surface area contributed by atoms with Crippen molar-refractivity contribution in [1.29, 1.82) is 0 Å². The Bertz CT molecular complexity index is 877. The van der Waals surface area contributed by atoms with Gasteiger partial charge in [0.05, 0.1) is 19.5 Å². The van der Waals surface area contributed by atoms with Crippen LogP contribution in [0, 0.1) is 0 Å². The van der Waals surface area contributed by atoms with Crippen molar-refractivity contribution in [2.24, 2.45) is 4.99 Å². The molecule has 3 aromatic carbocycles. The maximum Gasteiger partial charge on any atom is 0.119 e. The summed E-state index contributed by atoms with van der Waals surface area (Å²) in [7, 11) is 1.70. The minimum atomic E-state index is 0.101. The van der Waals surface area contributed by atoms with Crippen molar-refractivity contribution in [3.63, 3.8) is 0 Å². The zero-order chi connectivity index (χ0) is 17.8. The zero-order valence-electron chi connectivity index (χ0n) is 14.8. The molecule has 1 heterocycles. The maximum absolute atomic E-state index is 5.37. The first-order valence-corrected chi connectivity index (χ1v) is 8.87. The van der Waals surface area contributed by atoms with Crippen LogP contribution in [0.1, 0.15) is 28.8 Å². The predicted octanol–water partition coefficient (Wildman–Crippen LogP) is 5.02. The van der Waals surface area contributed by atoms with Crippen molar-refractivity contribution in [3.8, 4) is 5.75 Å². The van der Waals surface area contributed by atoms with Gasteiger partial charge in [0.2, 0.25) is 0 Å². The Morgan fingerprint density at radius 3 is 2.23 bits per heavy atom. The Kier molecular flexibility index (Phi) is 4.69. The van der Waals surface area contributed by atoms with E-state index in [0.717, 1.165) is 12.3 Å². The average Bonchev–Trinajstić information content (AvgIpc) is 3.13. The van der Waals surface area contributed by atoms with E-state index in [4.69, 9.17) is 9.73 Å². The Labute approximate surface area is 154 Å². The van der Waals surface area contributed by atoms with Crippen LogP contribution in [-0.2, 0) is 6.54 Å². The highest BCUT2D eigenvalue weighted by molar-refractivity contribution is 5.61. The fourth-order valence-corrected chi connectivity index (χ4v) is 3.56. The molecule has 3 nitrogen and oxygen atoms in total. The highest BCUT2D eigenvalue weighted by Crippen LogP contribution is 2.40. The monoisotopic (exact) mass is 342 g/mol. The smallest absolute Gasteiger partial charge is 0.119 e. The second-order valence-electron chi connectivity index (χ2n) is 6.50. The zero-order valence-corrected chi connectivity index (χ0v) is 14.8. The average molecular weight is 342 g/mol. The van der Waals surface area contributed by atoms with E-state index in [1.165, 1.54) is 16.7 Å². The van der Waals surface area contributed by atoms with E-state index in [-0.39, 0.29) is 12.1 Å². The first-order valence-electron chi connectivity index (χ1n) is 8.87. The van der Waals surface area contributed by atoms with Crippen molar-refractivity contribution in [2.45, 2.75) is 18.6 Å². The third kappa shape index (κ3) is 3.33. The predicted molar refractivity (Wildman–Crippen MR) is 105 cm³/mol. The molecule has 0 aliphatic carbocycles. The van der Waals surface area contributed by atoms with Crippen LogP contribution in [0.25, 0.3) is 0 Å². The lowest BCUT2D eigenvalue weighted by atomic mass is 9.93. The molecule has 3 aromatic rings. The maximum atomic E-state index is 5.37. The van der Waals surface area contributed by atoms with Crippen LogP contribution in [0.5, 0.6) is 5.75 Å². The van der Waals surface area contributed by atoms with Gasteiger partial charge >= 0.3 is 0 Å². The minimum Gasteiger partial charge on any atom is -0.497 e. The van der Waals surface area contributed by atoms with Crippen molar-refractivity contribution in [1.82, 2.24) is 4.90 Å². The summed E-state index contributed by atoms with van der Waals surface area (Å²) >= 11 is 0. The number of hydrogen-bond acceptors (Lipinski definition) is 3. The lowest BCUT2D eigenvalue weighted by Gasteiger charge is -2.29. The largest absolute Gasteiger partial charge is 0.497 e. The van der Waals surface area contributed by atoms with E-state index in [1.54, 1.807) is 7.11 Å². The molecule has 0 spiro atoms. The Morgan fingerprint density at radius 2 is 1.54 bits per heavy atom. The van der Waals surface area contributed by atoms with E-state index in [0.29, 0.717) is 0 Å². The Balaban J connectivity index is 1.66. The van der Waals surface area contributed by atoms with Gasteiger partial charge in [-0.15, -0.1) is 0 Å². The molecule has 4 rings (SSSR count). The van der Waals surface area contributed by atoms with Gasteiger partial charge in [-0.25, -0.2) is 0 Å². The summed E-state index contributed by atoms with van der Waals surface area (Å²) in [6.45, 7) is 0.795. The first-order chi connectivity index (χ1) is 12.8. The van der Waals surface area contributed by atoms with Gasteiger partial charge < -0.3 is 9.64 Å². The summed E-state index contributed by atoms with van der Waals surface area (Å²) in [5.74, 6) is 0.884. The van der Waals surface area contributed by atoms with E-state index in [1.807, 2.05) is 24.5 Å². The fourth-order valence-electron chi connectivity index (χ4n) is 3.56. The van der Waals surface area contributed by atoms with Crippen LogP contribution in [0.4, 0.5) is 0 Å². The van der Waals surface area contributed by atoms with E-state index in [2.05, 4.69) is 71.6 Å². The molecular formula is C23H22N2O. The molecule has 2 unspecified atom stereocenters. The number of rotatable bonds is 5. The van der Waals surface area contributed by atoms with E-state index in [9.17, 15) is 0 Å². The van der Waals surface area contributed by atoms with Crippen molar-refractivity contribution >= 4 is 6.34 Å². The molecular weight excluding hydrogens is 320 g/mol. The van der Waals surface area contributed by atoms with E-state index < -0.39 is 0 Å². The Morgan fingerprint density at radius 1 is 0.846 bits per heavy atom. The third-order valence-electron chi connectivity index (χ3n) is 4.81. The molecule has 3 heteroatoms. The molecule has 0 N–H and O–H groups in total. The highest BCUT2D eigenvalue weighted by atomic mass is 16.5. The van der Waals surface area contributed by atoms with Crippen molar-refractivity contribution in [3.05, 3.63) is 102 Å². The molecule has 2 atom stereocenters. The van der Waals surface area contributed by atoms with Crippen LogP contribution in [0.15, 0.2) is 89.9 Å². The quantitative estimate of drug-likeness (QED) is 0.650.